The van der Waals surface area contributed by atoms with Gasteiger partial charge in [-0.25, -0.2) is 4.39 Å². The lowest BCUT2D eigenvalue weighted by Crippen LogP contribution is -2.16. The molecule has 3 aromatic rings. The SMILES string of the molecule is O=C(CCc1ccc(F)cc1)c1ccc(CNc2c(Cl)ccc3c2CCNCC3)cn1.O=C(O)CCC(=O)O. The molecule has 4 rings (SSSR count). The molecule has 2 heterocycles. The number of carboxylic acids is 2. The number of pyridine rings is 1. The summed E-state index contributed by atoms with van der Waals surface area (Å²) in [5.74, 6) is -2.45. The second-order valence-corrected chi connectivity index (χ2v) is 9.46. The number of carbonyl (C=O) groups excluding carboxylic acids is 1. The number of Topliss-reactive ketones (excluding diaryl/α,β-unsaturated/α-hetero) is 1. The van der Waals surface area contributed by atoms with Crippen molar-refractivity contribution in [3.05, 3.63) is 93.5 Å². The van der Waals surface area contributed by atoms with Gasteiger partial charge < -0.3 is 20.8 Å². The Bertz CT molecular complexity index is 1270. The Morgan fingerprint density at radius 3 is 2.21 bits per heavy atom. The number of anilines is 1. The van der Waals surface area contributed by atoms with E-state index in [2.05, 4.69) is 21.7 Å². The molecule has 0 amide bonds. The van der Waals surface area contributed by atoms with Crippen LogP contribution in [0.5, 0.6) is 0 Å². The highest BCUT2D eigenvalue weighted by Crippen LogP contribution is 2.31. The minimum atomic E-state index is -1.08. The first-order valence-corrected chi connectivity index (χ1v) is 13.0. The molecule has 1 aromatic heterocycles. The second-order valence-electron chi connectivity index (χ2n) is 9.05. The number of rotatable bonds is 10. The van der Waals surface area contributed by atoms with Gasteiger partial charge in [0.05, 0.1) is 23.6 Å². The van der Waals surface area contributed by atoms with Crippen molar-refractivity contribution in [2.24, 2.45) is 0 Å². The van der Waals surface area contributed by atoms with Crippen molar-refractivity contribution in [1.29, 1.82) is 0 Å². The standard InChI is InChI=1S/C25H25ClFN3O.C4H6O4/c26-22-8-5-19-11-13-28-14-12-21(19)25(22)30-16-18-3-9-23(29-15-18)24(31)10-4-17-1-6-20(27)7-2-17;5-3(6)1-2-4(7)8/h1-3,5-9,15,28,30H,4,10-14,16H2;1-2H2,(H,5,6)(H,7,8). The van der Waals surface area contributed by atoms with Crippen LogP contribution in [0.25, 0.3) is 0 Å². The van der Waals surface area contributed by atoms with Crippen LogP contribution in [0.15, 0.2) is 54.7 Å². The molecule has 10 heteroatoms. The van der Waals surface area contributed by atoms with Gasteiger partial charge in [0.2, 0.25) is 0 Å². The molecule has 1 aliphatic heterocycles. The zero-order valence-electron chi connectivity index (χ0n) is 21.4. The fourth-order valence-corrected chi connectivity index (χ4v) is 4.31. The van der Waals surface area contributed by atoms with Gasteiger partial charge in [-0.05, 0) is 78.9 Å². The van der Waals surface area contributed by atoms with E-state index in [1.54, 1.807) is 24.4 Å². The number of ketones is 1. The summed E-state index contributed by atoms with van der Waals surface area (Å²) in [5.41, 5.74) is 5.96. The van der Waals surface area contributed by atoms with E-state index in [9.17, 15) is 18.8 Å². The Kier molecular flexibility index (Phi) is 11.4. The number of aliphatic carboxylic acids is 2. The molecule has 0 unspecified atom stereocenters. The van der Waals surface area contributed by atoms with Crippen LogP contribution in [-0.4, -0.2) is 46.0 Å². The lowest BCUT2D eigenvalue weighted by molar-refractivity contribution is -0.143. The van der Waals surface area contributed by atoms with Gasteiger partial charge in [0.1, 0.15) is 11.5 Å². The summed E-state index contributed by atoms with van der Waals surface area (Å²) < 4.78 is 13.0. The number of halogens is 2. The number of nitrogens with zero attached hydrogens (tertiary/aromatic N) is 1. The van der Waals surface area contributed by atoms with E-state index >= 15 is 0 Å². The van der Waals surface area contributed by atoms with Crippen molar-refractivity contribution in [2.75, 3.05) is 18.4 Å². The monoisotopic (exact) mass is 555 g/mol. The molecule has 0 bridgehead atoms. The summed E-state index contributed by atoms with van der Waals surface area (Å²) in [7, 11) is 0. The third-order valence-corrected chi connectivity index (χ3v) is 6.48. The number of benzene rings is 2. The lowest BCUT2D eigenvalue weighted by atomic mass is 10.0. The van der Waals surface area contributed by atoms with Crippen LogP contribution < -0.4 is 10.6 Å². The van der Waals surface area contributed by atoms with Crippen LogP contribution in [0.1, 0.15) is 52.0 Å². The Labute approximate surface area is 231 Å². The predicted molar refractivity (Wildman–Crippen MR) is 147 cm³/mol. The smallest absolute Gasteiger partial charge is 0.303 e. The van der Waals surface area contributed by atoms with Crippen molar-refractivity contribution in [3.63, 3.8) is 0 Å². The molecule has 2 aromatic carbocycles. The first-order chi connectivity index (χ1) is 18.7. The van der Waals surface area contributed by atoms with Gasteiger partial charge in [0.25, 0.3) is 0 Å². The number of hydrogen-bond donors (Lipinski definition) is 4. The van der Waals surface area contributed by atoms with E-state index in [-0.39, 0.29) is 24.4 Å². The normalized spacial score (nSPS) is 12.4. The molecule has 1 aliphatic rings. The van der Waals surface area contributed by atoms with Gasteiger partial charge in [0.15, 0.2) is 5.78 Å². The third kappa shape index (κ3) is 9.77. The molecule has 0 aliphatic carbocycles. The summed E-state index contributed by atoms with van der Waals surface area (Å²) in [6, 6.07) is 14.0. The molecule has 0 saturated carbocycles. The van der Waals surface area contributed by atoms with Crippen LogP contribution >= 0.6 is 11.6 Å². The second kappa shape index (κ2) is 14.9. The van der Waals surface area contributed by atoms with Gasteiger partial charge in [0, 0.05) is 19.2 Å². The number of aromatic nitrogens is 1. The summed E-state index contributed by atoms with van der Waals surface area (Å²) in [6.07, 6.45) is 3.99. The summed E-state index contributed by atoms with van der Waals surface area (Å²) in [6.45, 7) is 2.51. The number of fused-ring (bicyclic) bond motifs is 1. The van der Waals surface area contributed by atoms with Crippen molar-refractivity contribution in [1.82, 2.24) is 10.3 Å². The Hall–Kier alpha value is -3.82. The largest absolute Gasteiger partial charge is 0.481 e. The summed E-state index contributed by atoms with van der Waals surface area (Å²) in [4.78, 5) is 36.1. The Morgan fingerprint density at radius 1 is 0.897 bits per heavy atom. The molecule has 0 atom stereocenters. The minimum Gasteiger partial charge on any atom is -0.481 e. The van der Waals surface area contributed by atoms with Gasteiger partial charge in [-0.1, -0.05) is 35.9 Å². The maximum absolute atomic E-state index is 13.0. The van der Waals surface area contributed by atoms with Crippen LogP contribution in [0.2, 0.25) is 5.02 Å². The highest BCUT2D eigenvalue weighted by atomic mass is 35.5. The van der Waals surface area contributed by atoms with E-state index in [1.807, 2.05) is 12.1 Å². The van der Waals surface area contributed by atoms with E-state index < -0.39 is 11.9 Å². The van der Waals surface area contributed by atoms with Gasteiger partial charge in [-0.2, -0.15) is 0 Å². The summed E-state index contributed by atoms with van der Waals surface area (Å²) in [5, 5.41) is 23.4. The van der Waals surface area contributed by atoms with E-state index in [0.29, 0.717) is 25.1 Å². The van der Waals surface area contributed by atoms with Gasteiger partial charge >= 0.3 is 11.9 Å². The van der Waals surface area contributed by atoms with E-state index in [4.69, 9.17) is 21.8 Å². The Balaban J connectivity index is 0.000000459. The highest BCUT2D eigenvalue weighted by Gasteiger charge is 2.15. The molecular weight excluding hydrogens is 525 g/mol. The quantitative estimate of drug-likeness (QED) is 0.259. The van der Waals surface area contributed by atoms with Gasteiger partial charge in [-0.3, -0.25) is 19.4 Å². The third-order valence-electron chi connectivity index (χ3n) is 6.17. The first-order valence-electron chi connectivity index (χ1n) is 12.6. The molecule has 0 saturated heterocycles. The zero-order chi connectivity index (χ0) is 28.2. The van der Waals surface area contributed by atoms with E-state index in [1.165, 1.54) is 23.3 Å². The number of hydrogen-bond acceptors (Lipinski definition) is 6. The van der Waals surface area contributed by atoms with Crippen LogP contribution in [0.4, 0.5) is 10.1 Å². The Morgan fingerprint density at radius 2 is 1.56 bits per heavy atom. The molecule has 0 radical (unpaired) electrons. The average Bonchev–Trinajstić information content (AvgIpc) is 3.17. The predicted octanol–water partition coefficient (Wildman–Crippen LogP) is 4.93. The summed E-state index contributed by atoms with van der Waals surface area (Å²) >= 11 is 6.48. The molecule has 8 nitrogen and oxygen atoms in total. The van der Waals surface area contributed by atoms with Gasteiger partial charge in [-0.15, -0.1) is 0 Å². The fraction of sp³-hybridized carbons (Fsp3) is 0.310. The minimum absolute atomic E-state index is 0.0206. The fourth-order valence-electron chi connectivity index (χ4n) is 4.07. The lowest BCUT2D eigenvalue weighted by Gasteiger charge is -2.16. The average molecular weight is 556 g/mol. The molecule has 0 spiro atoms. The molecule has 4 N–H and O–H groups in total. The topological polar surface area (TPSA) is 129 Å². The number of carbonyl (C=O) groups is 3. The number of carboxylic acid groups (broad SMARTS) is 2. The highest BCUT2D eigenvalue weighted by molar-refractivity contribution is 6.33. The van der Waals surface area contributed by atoms with Crippen LogP contribution in [-0.2, 0) is 35.4 Å². The molecule has 206 valence electrons. The maximum Gasteiger partial charge on any atom is 0.303 e. The van der Waals surface area contributed by atoms with Crippen molar-refractivity contribution in [2.45, 2.75) is 45.1 Å². The van der Waals surface area contributed by atoms with Crippen molar-refractivity contribution in [3.8, 4) is 0 Å². The zero-order valence-corrected chi connectivity index (χ0v) is 22.1. The molecule has 39 heavy (non-hydrogen) atoms. The first kappa shape index (κ1) is 29.7. The number of aryl methyl sites for hydroxylation is 1. The van der Waals surface area contributed by atoms with Crippen LogP contribution in [0, 0.1) is 5.82 Å². The molecular formula is C29H31ClFN3O5. The molecule has 0 fully saturated rings. The van der Waals surface area contributed by atoms with Crippen molar-refractivity contribution < 1.29 is 29.0 Å². The van der Waals surface area contributed by atoms with Crippen LogP contribution in [0.3, 0.4) is 0 Å². The van der Waals surface area contributed by atoms with Crippen molar-refractivity contribution >= 4 is 35.0 Å². The number of nitrogens with one attached hydrogen (secondary N) is 2. The van der Waals surface area contributed by atoms with E-state index in [0.717, 1.165) is 47.8 Å². The maximum atomic E-state index is 13.0.